The predicted octanol–water partition coefficient (Wildman–Crippen LogP) is 5.22. The Bertz CT molecular complexity index is 155. The molecule has 0 heterocycles. The Morgan fingerprint density at radius 2 is 1.38 bits per heavy atom. The first-order valence-electron chi connectivity index (χ1n) is 7.03. The van der Waals surface area contributed by atoms with E-state index in [4.69, 9.17) is 4.43 Å². The van der Waals surface area contributed by atoms with Gasteiger partial charge in [0, 0.05) is 7.11 Å². The minimum absolute atomic E-state index is 0.883. The number of unbranched alkanes of at least 4 members (excludes halogenated alkanes) is 5. The minimum Gasteiger partial charge on any atom is -0.420 e. The third-order valence-electron chi connectivity index (χ3n) is 3.36. The van der Waals surface area contributed by atoms with Gasteiger partial charge in [-0.15, -0.1) is 0 Å². The van der Waals surface area contributed by atoms with E-state index < -0.39 is 8.32 Å². The Hall–Kier alpha value is 0.177. The molecule has 0 rings (SSSR count). The van der Waals surface area contributed by atoms with Crippen LogP contribution in [0.2, 0.25) is 19.1 Å². The average molecular weight is 244 g/mol. The highest BCUT2D eigenvalue weighted by molar-refractivity contribution is 6.71. The summed E-state index contributed by atoms with van der Waals surface area (Å²) in [5, 5.41) is 0. The molecule has 0 aromatic carbocycles. The van der Waals surface area contributed by atoms with Crippen molar-refractivity contribution in [2.45, 2.75) is 77.9 Å². The van der Waals surface area contributed by atoms with Gasteiger partial charge in [0.05, 0.1) is 0 Å². The van der Waals surface area contributed by atoms with Crippen LogP contribution in [0, 0.1) is 5.92 Å². The summed E-state index contributed by atoms with van der Waals surface area (Å²) in [4.78, 5) is 0. The molecule has 0 aliphatic rings. The Morgan fingerprint density at radius 1 is 0.875 bits per heavy atom. The molecule has 0 aromatic rings. The molecule has 0 radical (unpaired) electrons. The fraction of sp³-hybridized carbons (Fsp3) is 1.00. The SMILES string of the molecule is CO[Si](C)(C)CCCCCCCCC(C)C. The number of rotatable bonds is 10. The van der Waals surface area contributed by atoms with Crippen molar-refractivity contribution in [1.29, 1.82) is 0 Å². The highest BCUT2D eigenvalue weighted by atomic mass is 28.4. The molecule has 0 aliphatic heterocycles. The van der Waals surface area contributed by atoms with Gasteiger partial charge in [0.1, 0.15) is 0 Å². The topological polar surface area (TPSA) is 9.23 Å². The normalized spacial score (nSPS) is 12.4. The summed E-state index contributed by atoms with van der Waals surface area (Å²) >= 11 is 0. The Labute approximate surface area is 104 Å². The van der Waals surface area contributed by atoms with E-state index in [0.717, 1.165) is 5.92 Å². The summed E-state index contributed by atoms with van der Waals surface area (Å²) in [5.41, 5.74) is 0. The second-order valence-corrected chi connectivity index (χ2v) is 10.4. The van der Waals surface area contributed by atoms with E-state index in [9.17, 15) is 0 Å². The molecule has 16 heavy (non-hydrogen) atoms. The van der Waals surface area contributed by atoms with Crippen LogP contribution >= 0.6 is 0 Å². The van der Waals surface area contributed by atoms with Crippen molar-refractivity contribution in [2.75, 3.05) is 7.11 Å². The van der Waals surface area contributed by atoms with Crippen LogP contribution in [-0.4, -0.2) is 15.4 Å². The zero-order valence-electron chi connectivity index (χ0n) is 12.1. The van der Waals surface area contributed by atoms with E-state index in [2.05, 4.69) is 26.9 Å². The van der Waals surface area contributed by atoms with E-state index in [1.807, 2.05) is 7.11 Å². The van der Waals surface area contributed by atoms with Gasteiger partial charge in [-0.25, -0.2) is 0 Å². The maximum Gasteiger partial charge on any atom is 0.186 e. The molecular formula is C14H32OSi. The molecule has 98 valence electrons. The summed E-state index contributed by atoms with van der Waals surface area (Å²) < 4.78 is 5.55. The smallest absolute Gasteiger partial charge is 0.186 e. The Balaban J connectivity index is 3.16. The zero-order valence-corrected chi connectivity index (χ0v) is 13.1. The number of hydrogen-bond acceptors (Lipinski definition) is 1. The standard InChI is InChI=1S/C14H32OSi/c1-14(2)12-10-8-6-7-9-11-13-16(4,5)15-3/h14H,6-13H2,1-5H3. The Kier molecular flexibility index (Phi) is 9.33. The van der Waals surface area contributed by atoms with Crippen molar-refractivity contribution >= 4 is 8.32 Å². The van der Waals surface area contributed by atoms with E-state index >= 15 is 0 Å². The highest BCUT2D eigenvalue weighted by Gasteiger charge is 2.18. The Morgan fingerprint density at radius 3 is 1.88 bits per heavy atom. The molecule has 1 nitrogen and oxygen atoms in total. The fourth-order valence-electron chi connectivity index (χ4n) is 1.91. The van der Waals surface area contributed by atoms with E-state index in [-0.39, 0.29) is 0 Å². The summed E-state index contributed by atoms with van der Waals surface area (Å²) in [7, 11) is 0.606. The van der Waals surface area contributed by atoms with Gasteiger partial charge in [-0.3, -0.25) is 0 Å². The number of hydrogen-bond donors (Lipinski definition) is 0. The van der Waals surface area contributed by atoms with Crippen LogP contribution in [0.4, 0.5) is 0 Å². The van der Waals surface area contributed by atoms with Gasteiger partial charge < -0.3 is 4.43 Å². The molecule has 0 aliphatic carbocycles. The fourth-order valence-corrected chi connectivity index (χ4v) is 3.22. The highest BCUT2D eigenvalue weighted by Crippen LogP contribution is 2.17. The first-order valence-corrected chi connectivity index (χ1v) is 10.1. The third-order valence-corrected chi connectivity index (χ3v) is 6.03. The van der Waals surface area contributed by atoms with Crippen LogP contribution in [0.15, 0.2) is 0 Å². The van der Waals surface area contributed by atoms with Crippen molar-refractivity contribution in [3.8, 4) is 0 Å². The van der Waals surface area contributed by atoms with Crippen LogP contribution in [0.25, 0.3) is 0 Å². The van der Waals surface area contributed by atoms with Crippen LogP contribution < -0.4 is 0 Å². The lowest BCUT2D eigenvalue weighted by Crippen LogP contribution is -2.27. The molecular weight excluding hydrogens is 212 g/mol. The molecule has 0 spiro atoms. The molecule has 0 unspecified atom stereocenters. The minimum atomic E-state index is -1.27. The van der Waals surface area contributed by atoms with Crippen LogP contribution in [-0.2, 0) is 4.43 Å². The summed E-state index contributed by atoms with van der Waals surface area (Å²) in [6.07, 6.45) is 9.90. The second-order valence-electron chi connectivity index (χ2n) is 6.02. The van der Waals surface area contributed by atoms with Crippen molar-refractivity contribution < 1.29 is 4.43 Å². The molecule has 0 bridgehead atoms. The van der Waals surface area contributed by atoms with Crippen LogP contribution in [0.5, 0.6) is 0 Å². The summed E-state index contributed by atoms with van der Waals surface area (Å²) in [6, 6.07) is 1.33. The lowest BCUT2D eigenvalue weighted by molar-refractivity contribution is 0.400. The monoisotopic (exact) mass is 244 g/mol. The van der Waals surface area contributed by atoms with Crippen molar-refractivity contribution in [1.82, 2.24) is 0 Å². The van der Waals surface area contributed by atoms with Gasteiger partial charge in [-0.1, -0.05) is 58.8 Å². The lowest BCUT2D eigenvalue weighted by Gasteiger charge is -2.19. The van der Waals surface area contributed by atoms with E-state index in [1.165, 1.54) is 51.0 Å². The second kappa shape index (κ2) is 9.23. The maximum absolute atomic E-state index is 5.55. The summed E-state index contributed by atoms with van der Waals surface area (Å²) in [6.45, 7) is 9.26. The summed E-state index contributed by atoms with van der Waals surface area (Å²) in [5.74, 6) is 0.883. The zero-order chi connectivity index (χ0) is 12.4. The molecule has 0 saturated heterocycles. The van der Waals surface area contributed by atoms with Gasteiger partial charge in [-0.05, 0) is 25.1 Å². The molecule has 0 fully saturated rings. The molecule has 0 atom stereocenters. The third kappa shape index (κ3) is 10.7. The van der Waals surface area contributed by atoms with Gasteiger partial charge in [0.15, 0.2) is 8.32 Å². The lowest BCUT2D eigenvalue weighted by atomic mass is 10.0. The van der Waals surface area contributed by atoms with Crippen molar-refractivity contribution in [2.24, 2.45) is 5.92 Å². The predicted molar refractivity (Wildman–Crippen MR) is 76.5 cm³/mol. The van der Waals surface area contributed by atoms with Crippen molar-refractivity contribution in [3.63, 3.8) is 0 Å². The van der Waals surface area contributed by atoms with Gasteiger partial charge in [0.25, 0.3) is 0 Å². The first kappa shape index (κ1) is 16.2. The quantitative estimate of drug-likeness (QED) is 0.378. The van der Waals surface area contributed by atoms with E-state index in [0.29, 0.717) is 0 Å². The van der Waals surface area contributed by atoms with Gasteiger partial charge in [-0.2, -0.15) is 0 Å². The van der Waals surface area contributed by atoms with Crippen LogP contribution in [0.1, 0.15) is 58.8 Å². The molecule has 2 heteroatoms. The first-order chi connectivity index (χ1) is 7.48. The van der Waals surface area contributed by atoms with Crippen LogP contribution in [0.3, 0.4) is 0 Å². The largest absolute Gasteiger partial charge is 0.420 e. The molecule has 0 N–H and O–H groups in total. The van der Waals surface area contributed by atoms with E-state index in [1.54, 1.807) is 0 Å². The van der Waals surface area contributed by atoms with Gasteiger partial charge in [0.2, 0.25) is 0 Å². The molecule has 0 saturated carbocycles. The molecule has 0 aromatic heterocycles. The average Bonchev–Trinajstić information content (AvgIpc) is 2.21. The molecule has 0 amide bonds. The van der Waals surface area contributed by atoms with Crippen molar-refractivity contribution in [3.05, 3.63) is 0 Å². The maximum atomic E-state index is 5.55. The van der Waals surface area contributed by atoms with Gasteiger partial charge >= 0.3 is 0 Å².